The predicted octanol–water partition coefficient (Wildman–Crippen LogP) is 3.40. The lowest BCUT2D eigenvalue weighted by Gasteiger charge is -2.22. The number of aryl methyl sites for hydroxylation is 1. The van der Waals surface area contributed by atoms with Crippen molar-refractivity contribution in [1.29, 1.82) is 0 Å². The van der Waals surface area contributed by atoms with Gasteiger partial charge in [-0.05, 0) is 30.7 Å². The van der Waals surface area contributed by atoms with E-state index in [-0.39, 0.29) is 24.0 Å². The van der Waals surface area contributed by atoms with Gasteiger partial charge >= 0.3 is 0 Å². The van der Waals surface area contributed by atoms with Crippen LogP contribution in [-0.2, 0) is 20.1 Å². The SMILES string of the molecule is CCNC(=NCc1ccnn1C)N(C)Cc1ccc(Br)cc1.I. The molecule has 0 radical (unpaired) electrons. The smallest absolute Gasteiger partial charge is 0.194 e. The van der Waals surface area contributed by atoms with Crippen LogP contribution in [0.3, 0.4) is 0 Å². The first-order valence-electron chi connectivity index (χ1n) is 7.31. The van der Waals surface area contributed by atoms with Crippen molar-refractivity contribution in [1.82, 2.24) is 20.0 Å². The second kappa shape index (κ2) is 9.92. The fraction of sp³-hybridized carbons (Fsp3) is 0.375. The second-order valence-corrected chi connectivity index (χ2v) is 6.01. The molecule has 0 saturated carbocycles. The van der Waals surface area contributed by atoms with Gasteiger partial charge < -0.3 is 10.2 Å². The molecule has 0 aliphatic rings. The number of nitrogens with one attached hydrogen (secondary N) is 1. The number of hydrogen-bond acceptors (Lipinski definition) is 2. The van der Waals surface area contributed by atoms with Gasteiger partial charge in [-0.2, -0.15) is 5.10 Å². The van der Waals surface area contributed by atoms with Gasteiger partial charge in [0.15, 0.2) is 5.96 Å². The van der Waals surface area contributed by atoms with Crippen LogP contribution in [0.1, 0.15) is 18.2 Å². The minimum atomic E-state index is 0. The maximum Gasteiger partial charge on any atom is 0.194 e. The van der Waals surface area contributed by atoms with Crippen LogP contribution in [0.25, 0.3) is 0 Å². The normalized spacial score (nSPS) is 11.0. The number of halogens is 2. The van der Waals surface area contributed by atoms with E-state index >= 15 is 0 Å². The summed E-state index contributed by atoms with van der Waals surface area (Å²) in [5.41, 5.74) is 2.34. The molecule has 7 heteroatoms. The molecule has 23 heavy (non-hydrogen) atoms. The molecule has 0 fully saturated rings. The Morgan fingerprint density at radius 1 is 1.30 bits per heavy atom. The van der Waals surface area contributed by atoms with Gasteiger partial charge in [0.2, 0.25) is 0 Å². The van der Waals surface area contributed by atoms with Gasteiger partial charge in [0, 0.05) is 37.9 Å². The van der Waals surface area contributed by atoms with E-state index in [1.165, 1.54) is 5.56 Å². The molecule has 0 saturated heterocycles. The van der Waals surface area contributed by atoms with Gasteiger partial charge in [0.1, 0.15) is 0 Å². The molecule has 0 amide bonds. The van der Waals surface area contributed by atoms with Crippen LogP contribution in [0.4, 0.5) is 0 Å². The van der Waals surface area contributed by atoms with E-state index in [4.69, 9.17) is 4.99 Å². The summed E-state index contributed by atoms with van der Waals surface area (Å²) in [6, 6.07) is 10.3. The van der Waals surface area contributed by atoms with Crippen molar-refractivity contribution >= 4 is 45.9 Å². The van der Waals surface area contributed by atoms with E-state index < -0.39 is 0 Å². The summed E-state index contributed by atoms with van der Waals surface area (Å²) in [5.74, 6) is 0.895. The summed E-state index contributed by atoms with van der Waals surface area (Å²) >= 11 is 3.46. The van der Waals surface area contributed by atoms with Gasteiger partial charge in [0.05, 0.1) is 12.2 Å². The van der Waals surface area contributed by atoms with Gasteiger partial charge in [-0.1, -0.05) is 28.1 Å². The third-order valence-electron chi connectivity index (χ3n) is 3.34. The van der Waals surface area contributed by atoms with Crippen molar-refractivity contribution in [3.63, 3.8) is 0 Å². The molecule has 5 nitrogen and oxygen atoms in total. The zero-order valence-electron chi connectivity index (χ0n) is 13.7. The molecule has 0 unspecified atom stereocenters. The van der Waals surface area contributed by atoms with Crippen molar-refractivity contribution in [2.75, 3.05) is 13.6 Å². The molecule has 1 N–H and O–H groups in total. The summed E-state index contributed by atoms with van der Waals surface area (Å²) in [6.07, 6.45) is 1.79. The summed E-state index contributed by atoms with van der Waals surface area (Å²) in [5, 5.41) is 7.50. The summed E-state index contributed by atoms with van der Waals surface area (Å²) in [4.78, 5) is 6.82. The standard InChI is InChI=1S/C16H22BrN5.HI/c1-4-18-16(19-11-15-9-10-20-22(15)3)21(2)12-13-5-7-14(17)8-6-13;/h5-10H,4,11-12H2,1-3H3,(H,18,19);1H. The van der Waals surface area contributed by atoms with Crippen LogP contribution in [0.5, 0.6) is 0 Å². The highest BCUT2D eigenvalue weighted by Gasteiger charge is 2.07. The highest BCUT2D eigenvalue weighted by Crippen LogP contribution is 2.12. The van der Waals surface area contributed by atoms with Gasteiger partial charge in [0.25, 0.3) is 0 Å². The third-order valence-corrected chi connectivity index (χ3v) is 3.87. The molecule has 2 rings (SSSR count). The molecule has 126 valence electrons. The molecule has 0 spiro atoms. The maximum absolute atomic E-state index is 4.69. The van der Waals surface area contributed by atoms with E-state index in [1.807, 2.05) is 24.8 Å². The van der Waals surface area contributed by atoms with E-state index in [9.17, 15) is 0 Å². The number of aliphatic imine (C=N–C) groups is 1. The molecule has 0 bridgehead atoms. The first-order chi connectivity index (χ1) is 10.6. The first-order valence-corrected chi connectivity index (χ1v) is 8.10. The number of rotatable bonds is 5. The molecule has 0 aliphatic carbocycles. The summed E-state index contributed by atoms with van der Waals surface area (Å²) in [6.45, 7) is 4.34. The first kappa shape index (κ1) is 20.0. The molecular weight excluding hydrogens is 469 g/mol. The van der Waals surface area contributed by atoms with E-state index in [2.05, 4.69) is 62.4 Å². The zero-order valence-corrected chi connectivity index (χ0v) is 17.6. The molecular formula is C16H23BrIN5. The topological polar surface area (TPSA) is 45.5 Å². The van der Waals surface area contributed by atoms with Gasteiger partial charge in [-0.15, -0.1) is 24.0 Å². The van der Waals surface area contributed by atoms with Gasteiger partial charge in [-0.25, -0.2) is 4.99 Å². The van der Waals surface area contributed by atoms with Crippen LogP contribution in [0, 0.1) is 0 Å². The third kappa shape index (κ3) is 6.14. The Hall–Kier alpha value is -1.09. The van der Waals surface area contributed by atoms with Crippen LogP contribution in [0.15, 0.2) is 46.0 Å². The number of benzene rings is 1. The quantitative estimate of drug-likeness (QED) is 0.396. The van der Waals surface area contributed by atoms with E-state index in [0.29, 0.717) is 6.54 Å². The minimum absolute atomic E-state index is 0. The largest absolute Gasteiger partial charge is 0.357 e. The van der Waals surface area contributed by atoms with Crippen LogP contribution < -0.4 is 5.32 Å². The number of hydrogen-bond donors (Lipinski definition) is 1. The molecule has 0 atom stereocenters. The van der Waals surface area contributed by atoms with Crippen molar-refractivity contribution in [3.8, 4) is 0 Å². The van der Waals surface area contributed by atoms with Crippen LogP contribution >= 0.6 is 39.9 Å². The Labute approximate surface area is 163 Å². The highest BCUT2D eigenvalue weighted by molar-refractivity contribution is 14.0. The number of nitrogens with zero attached hydrogens (tertiary/aromatic N) is 4. The average Bonchev–Trinajstić information content (AvgIpc) is 2.91. The Balaban J connectivity index is 0.00000264. The Morgan fingerprint density at radius 2 is 2.00 bits per heavy atom. The van der Waals surface area contributed by atoms with Crippen molar-refractivity contribution in [3.05, 3.63) is 52.3 Å². The minimum Gasteiger partial charge on any atom is -0.357 e. The lowest BCUT2D eigenvalue weighted by Crippen LogP contribution is -2.38. The van der Waals surface area contributed by atoms with E-state index in [0.717, 1.165) is 29.2 Å². The maximum atomic E-state index is 4.69. The monoisotopic (exact) mass is 491 g/mol. The molecule has 1 aromatic carbocycles. The Bertz CT molecular complexity index is 624. The van der Waals surface area contributed by atoms with Crippen molar-refractivity contribution < 1.29 is 0 Å². The lowest BCUT2D eigenvalue weighted by molar-refractivity contribution is 0.476. The molecule has 0 aliphatic heterocycles. The molecule has 2 aromatic rings. The summed E-state index contributed by atoms with van der Waals surface area (Å²) in [7, 11) is 3.98. The highest BCUT2D eigenvalue weighted by atomic mass is 127. The van der Waals surface area contributed by atoms with Crippen LogP contribution in [-0.4, -0.2) is 34.2 Å². The fourth-order valence-electron chi connectivity index (χ4n) is 2.12. The number of aromatic nitrogens is 2. The Morgan fingerprint density at radius 3 is 2.57 bits per heavy atom. The average molecular weight is 492 g/mol. The van der Waals surface area contributed by atoms with Gasteiger partial charge in [-0.3, -0.25) is 4.68 Å². The summed E-state index contributed by atoms with van der Waals surface area (Å²) < 4.78 is 2.94. The molecule has 1 heterocycles. The second-order valence-electron chi connectivity index (χ2n) is 5.10. The zero-order chi connectivity index (χ0) is 15.9. The van der Waals surface area contributed by atoms with Crippen molar-refractivity contribution in [2.45, 2.75) is 20.0 Å². The van der Waals surface area contributed by atoms with E-state index in [1.54, 1.807) is 6.20 Å². The Kier molecular flexibility index (Phi) is 8.60. The predicted molar refractivity (Wildman–Crippen MR) is 109 cm³/mol. The molecule has 1 aromatic heterocycles. The fourth-order valence-corrected chi connectivity index (χ4v) is 2.38. The number of guanidine groups is 1. The lowest BCUT2D eigenvalue weighted by atomic mass is 10.2. The van der Waals surface area contributed by atoms with Crippen LogP contribution in [0.2, 0.25) is 0 Å². The van der Waals surface area contributed by atoms with Crippen molar-refractivity contribution in [2.24, 2.45) is 12.0 Å².